The Balaban J connectivity index is 1.49. The van der Waals surface area contributed by atoms with Crippen LogP contribution in [0.4, 0.5) is 0 Å². The van der Waals surface area contributed by atoms with E-state index >= 15 is 0 Å². The normalized spacial score (nSPS) is 20.8. The Morgan fingerprint density at radius 3 is 2.68 bits per heavy atom. The van der Waals surface area contributed by atoms with Crippen molar-refractivity contribution >= 4 is 29.1 Å². The van der Waals surface area contributed by atoms with Crippen molar-refractivity contribution in [1.82, 2.24) is 4.90 Å². The molecule has 2 aliphatic rings. The Kier molecular flexibility index (Phi) is 5.42. The van der Waals surface area contributed by atoms with Crippen LogP contribution in [-0.2, 0) is 27.2 Å². The third kappa shape index (κ3) is 4.21. The molecule has 2 amide bonds. The van der Waals surface area contributed by atoms with Crippen molar-refractivity contribution in [2.45, 2.75) is 39.0 Å². The average Bonchev–Trinajstić information content (AvgIpc) is 3.02. The summed E-state index contributed by atoms with van der Waals surface area (Å²) in [7, 11) is 0. The zero-order valence-electron chi connectivity index (χ0n) is 14.5. The molecule has 2 heterocycles. The minimum atomic E-state index is -0.424. The Morgan fingerprint density at radius 2 is 2.00 bits per heavy atom. The predicted octanol–water partition coefficient (Wildman–Crippen LogP) is 1.75. The molecule has 1 saturated heterocycles. The van der Waals surface area contributed by atoms with Crippen molar-refractivity contribution in [3.63, 3.8) is 0 Å². The van der Waals surface area contributed by atoms with Crippen molar-refractivity contribution in [1.29, 1.82) is 0 Å². The van der Waals surface area contributed by atoms with Crippen LogP contribution >= 0.6 is 11.3 Å². The summed E-state index contributed by atoms with van der Waals surface area (Å²) in [6.07, 6.45) is 4.33. The van der Waals surface area contributed by atoms with Gasteiger partial charge in [-0.15, -0.1) is 11.3 Å². The molecule has 1 aromatic heterocycles. The SMILES string of the molecule is C[C@H]1CCc2sc(C(=O)OCC(=O)N3CCC(C(N)=O)CC3)cc2C1. The second kappa shape index (κ2) is 7.56. The third-order valence-electron chi connectivity index (χ3n) is 5.11. The molecule has 136 valence electrons. The third-order valence-corrected chi connectivity index (χ3v) is 6.32. The summed E-state index contributed by atoms with van der Waals surface area (Å²) in [5.74, 6) is -0.463. The number of primary amides is 1. The second-order valence-electron chi connectivity index (χ2n) is 7.04. The number of hydrogen-bond donors (Lipinski definition) is 1. The number of carbonyl (C=O) groups excluding carboxylic acids is 3. The molecule has 7 heteroatoms. The number of rotatable bonds is 4. The lowest BCUT2D eigenvalue weighted by Crippen LogP contribution is -2.43. The highest BCUT2D eigenvalue weighted by atomic mass is 32.1. The molecule has 1 atom stereocenters. The number of ether oxygens (including phenoxy) is 1. The van der Waals surface area contributed by atoms with Crippen LogP contribution in [0.25, 0.3) is 0 Å². The highest BCUT2D eigenvalue weighted by molar-refractivity contribution is 7.14. The maximum absolute atomic E-state index is 12.2. The fraction of sp³-hybridized carbons (Fsp3) is 0.611. The van der Waals surface area contributed by atoms with Gasteiger partial charge in [0.2, 0.25) is 5.91 Å². The number of esters is 1. The van der Waals surface area contributed by atoms with Crippen molar-refractivity contribution in [3.8, 4) is 0 Å². The van der Waals surface area contributed by atoms with Crippen LogP contribution in [0.1, 0.15) is 46.3 Å². The van der Waals surface area contributed by atoms with Gasteiger partial charge in [0.15, 0.2) is 6.61 Å². The minimum Gasteiger partial charge on any atom is -0.451 e. The predicted molar refractivity (Wildman–Crippen MR) is 94.3 cm³/mol. The first-order valence-corrected chi connectivity index (χ1v) is 9.61. The van der Waals surface area contributed by atoms with Gasteiger partial charge in [-0.3, -0.25) is 9.59 Å². The number of aryl methyl sites for hydroxylation is 1. The van der Waals surface area contributed by atoms with E-state index in [1.54, 1.807) is 4.90 Å². The molecule has 1 aromatic rings. The first kappa shape index (κ1) is 17.9. The topological polar surface area (TPSA) is 89.7 Å². The maximum Gasteiger partial charge on any atom is 0.348 e. The van der Waals surface area contributed by atoms with Crippen LogP contribution in [0, 0.1) is 11.8 Å². The van der Waals surface area contributed by atoms with Crippen LogP contribution < -0.4 is 5.73 Å². The minimum absolute atomic E-state index is 0.161. The van der Waals surface area contributed by atoms with E-state index in [0.717, 1.165) is 19.3 Å². The van der Waals surface area contributed by atoms with Crippen LogP contribution in [-0.4, -0.2) is 42.4 Å². The van der Waals surface area contributed by atoms with Gasteiger partial charge in [-0.05, 0) is 49.7 Å². The van der Waals surface area contributed by atoms with Crippen molar-refractivity contribution in [2.24, 2.45) is 17.6 Å². The van der Waals surface area contributed by atoms with Gasteiger partial charge in [-0.25, -0.2) is 4.79 Å². The highest BCUT2D eigenvalue weighted by Gasteiger charge is 2.27. The van der Waals surface area contributed by atoms with E-state index in [1.165, 1.54) is 21.8 Å². The van der Waals surface area contributed by atoms with Crippen LogP contribution in [0.2, 0.25) is 0 Å². The van der Waals surface area contributed by atoms with E-state index in [-0.39, 0.29) is 24.3 Å². The number of amides is 2. The molecule has 1 aliphatic heterocycles. The number of thiophene rings is 1. The summed E-state index contributed by atoms with van der Waals surface area (Å²) in [6.45, 7) is 2.93. The van der Waals surface area contributed by atoms with E-state index in [9.17, 15) is 14.4 Å². The maximum atomic E-state index is 12.2. The van der Waals surface area contributed by atoms with Gasteiger partial charge in [0.25, 0.3) is 5.91 Å². The zero-order chi connectivity index (χ0) is 18.0. The number of likely N-dealkylation sites (tertiary alicyclic amines) is 1. The van der Waals surface area contributed by atoms with E-state index in [1.807, 2.05) is 6.07 Å². The molecule has 1 aliphatic carbocycles. The summed E-state index contributed by atoms with van der Waals surface area (Å²) in [4.78, 5) is 39.1. The van der Waals surface area contributed by atoms with Crippen molar-refractivity contribution in [3.05, 3.63) is 21.4 Å². The number of nitrogens with two attached hydrogens (primary N) is 1. The van der Waals surface area contributed by atoms with E-state index < -0.39 is 5.97 Å². The fourth-order valence-electron chi connectivity index (χ4n) is 3.51. The molecule has 2 N–H and O–H groups in total. The molecule has 0 radical (unpaired) electrons. The fourth-order valence-corrected chi connectivity index (χ4v) is 4.61. The van der Waals surface area contributed by atoms with E-state index in [2.05, 4.69) is 6.92 Å². The van der Waals surface area contributed by atoms with Crippen LogP contribution in [0.15, 0.2) is 6.07 Å². The Labute approximate surface area is 151 Å². The van der Waals surface area contributed by atoms with Gasteiger partial charge in [0.1, 0.15) is 4.88 Å². The smallest absolute Gasteiger partial charge is 0.348 e. The number of fused-ring (bicyclic) bond motifs is 1. The van der Waals surface area contributed by atoms with Gasteiger partial charge in [-0.2, -0.15) is 0 Å². The Bertz CT molecular complexity index is 677. The van der Waals surface area contributed by atoms with Crippen molar-refractivity contribution < 1.29 is 19.1 Å². The summed E-state index contributed by atoms with van der Waals surface area (Å²) in [5.41, 5.74) is 6.54. The standard InChI is InChI=1S/C18H24N2O4S/c1-11-2-3-14-13(8-11)9-15(25-14)18(23)24-10-16(21)20-6-4-12(5-7-20)17(19)22/h9,11-12H,2-8,10H2,1H3,(H2,19,22)/t11-/m0/s1. The summed E-state index contributed by atoms with van der Waals surface area (Å²) < 4.78 is 5.21. The lowest BCUT2D eigenvalue weighted by Gasteiger charge is -2.30. The van der Waals surface area contributed by atoms with E-state index in [0.29, 0.717) is 36.7 Å². The lowest BCUT2D eigenvalue weighted by molar-refractivity contribution is -0.137. The van der Waals surface area contributed by atoms with Gasteiger partial charge >= 0.3 is 5.97 Å². The van der Waals surface area contributed by atoms with Gasteiger partial charge in [0.05, 0.1) is 0 Å². The second-order valence-corrected chi connectivity index (χ2v) is 8.18. The van der Waals surface area contributed by atoms with Crippen molar-refractivity contribution in [2.75, 3.05) is 19.7 Å². The monoisotopic (exact) mass is 364 g/mol. The van der Waals surface area contributed by atoms with Crippen LogP contribution in [0.5, 0.6) is 0 Å². The molecule has 0 aromatic carbocycles. The number of carbonyl (C=O) groups is 3. The first-order valence-electron chi connectivity index (χ1n) is 8.80. The molecule has 0 unspecified atom stereocenters. The lowest BCUT2D eigenvalue weighted by atomic mass is 9.90. The van der Waals surface area contributed by atoms with Gasteiger partial charge in [0, 0.05) is 23.9 Å². The molecule has 0 spiro atoms. The summed E-state index contributed by atoms with van der Waals surface area (Å²) >= 11 is 1.49. The quantitative estimate of drug-likeness (QED) is 0.824. The Hall–Kier alpha value is -1.89. The van der Waals surface area contributed by atoms with E-state index in [4.69, 9.17) is 10.5 Å². The van der Waals surface area contributed by atoms with Gasteiger partial charge in [-0.1, -0.05) is 6.92 Å². The molecule has 0 saturated carbocycles. The first-order chi connectivity index (χ1) is 11.9. The molecule has 25 heavy (non-hydrogen) atoms. The summed E-state index contributed by atoms with van der Waals surface area (Å²) in [6, 6.07) is 1.92. The molecular formula is C18H24N2O4S. The Morgan fingerprint density at radius 1 is 1.28 bits per heavy atom. The van der Waals surface area contributed by atoms with Gasteiger partial charge < -0.3 is 15.4 Å². The summed E-state index contributed by atoms with van der Waals surface area (Å²) in [5, 5.41) is 0. The zero-order valence-corrected chi connectivity index (χ0v) is 15.3. The highest BCUT2D eigenvalue weighted by Crippen LogP contribution is 2.32. The average molecular weight is 364 g/mol. The molecule has 3 rings (SSSR count). The number of nitrogens with zero attached hydrogens (tertiary/aromatic N) is 1. The van der Waals surface area contributed by atoms with Crippen LogP contribution in [0.3, 0.4) is 0 Å². The molecular weight excluding hydrogens is 340 g/mol. The number of piperidine rings is 1. The molecule has 1 fully saturated rings. The number of hydrogen-bond acceptors (Lipinski definition) is 5. The molecule has 0 bridgehead atoms. The largest absolute Gasteiger partial charge is 0.451 e. The molecule has 6 nitrogen and oxygen atoms in total.